The third kappa shape index (κ3) is 4.09. The van der Waals surface area contributed by atoms with Crippen molar-refractivity contribution in [2.45, 2.75) is 26.3 Å². The Hall–Kier alpha value is -4.17. The van der Waals surface area contributed by atoms with E-state index in [4.69, 9.17) is 9.15 Å². The van der Waals surface area contributed by atoms with E-state index in [1.165, 1.54) is 22.3 Å². The van der Waals surface area contributed by atoms with E-state index in [0.717, 1.165) is 22.2 Å². The zero-order chi connectivity index (χ0) is 25.4. The standard InChI is InChI=1S/C28H24N2O5S/c1-4-13-34-19-8-6-7-18(15-19)24-23(25(31)21-12-9-16(3)35-21)26(32)27(33)30(24)28-29-20-11-10-17(5-2)14-22(20)36-28/h4,6-12,14-15,24,32H,1,5,13H2,2-3H3/t24-/m1/s1. The van der Waals surface area contributed by atoms with Gasteiger partial charge in [-0.25, -0.2) is 4.98 Å². The lowest BCUT2D eigenvalue weighted by Gasteiger charge is -2.24. The van der Waals surface area contributed by atoms with Crippen LogP contribution in [0.3, 0.4) is 0 Å². The molecule has 8 heteroatoms. The SMILES string of the molecule is C=CCOc1cccc([C@@H]2C(C(=O)c3ccc(C)o3)=C(O)C(=O)N2c2nc3ccc(CC)cc3s2)c1. The van der Waals surface area contributed by atoms with E-state index in [9.17, 15) is 14.7 Å². The molecule has 1 aliphatic heterocycles. The maximum Gasteiger partial charge on any atom is 0.296 e. The molecule has 1 aliphatic rings. The summed E-state index contributed by atoms with van der Waals surface area (Å²) in [5.74, 6) is -0.737. The molecule has 0 saturated heterocycles. The predicted molar refractivity (Wildman–Crippen MR) is 139 cm³/mol. The van der Waals surface area contributed by atoms with Crippen LogP contribution in [0, 0.1) is 6.92 Å². The highest BCUT2D eigenvalue weighted by Gasteiger charge is 2.46. The lowest BCUT2D eigenvalue weighted by molar-refractivity contribution is -0.117. The molecule has 0 aliphatic carbocycles. The molecule has 0 saturated carbocycles. The van der Waals surface area contributed by atoms with Crippen LogP contribution in [0.25, 0.3) is 10.2 Å². The highest BCUT2D eigenvalue weighted by molar-refractivity contribution is 7.22. The topological polar surface area (TPSA) is 92.9 Å². The molecule has 0 spiro atoms. The number of hydrogen-bond donors (Lipinski definition) is 1. The Morgan fingerprint density at radius 1 is 1.25 bits per heavy atom. The molecule has 5 rings (SSSR count). The van der Waals surface area contributed by atoms with Crippen molar-refractivity contribution in [2.75, 3.05) is 11.5 Å². The number of carbonyl (C=O) groups excluding carboxylic acids is 2. The number of aryl methyl sites for hydroxylation is 2. The van der Waals surface area contributed by atoms with Gasteiger partial charge in [-0.05, 0) is 60.9 Å². The summed E-state index contributed by atoms with van der Waals surface area (Å²) in [7, 11) is 0. The molecule has 3 heterocycles. The summed E-state index contributed by atoms with van der Waals surface area (Å²) in [6.45, 7) is 7.76. The van der Waals surface area contributed by atoms with Crippen molar-refractivity contribution in [3.05, 3.63) is 101 Å². The van der Waals surface area contributed by atoms with E-state index < -0.39 is 23.5 Å². The number of aliphatic hydroxyl groups excluding tert-OH is 1. The van der Waals surface area contributed by atoms with Gasteiger partial charge in [0.25, 0.3) is 5.91 Å². The fraction of sp³-hybridized carbons (Fsp3) is 0.179. The zero-order valence-electron chi connectivity index (χ0n) is 19.9. The second-order valence-electron chi connectivity index (χ2n) is 8.40. The fourth-order valence-electron chi connectivity index (χ4n) is 4.25. The molecular formula is C28H24N2O5S. The summed E-state index contributed by atoms with van der Waals surface area (Å²) < 4.78 is 12.2. The van der Waals surface area contributed by atoms with Crippen LogP contribution in [0.15, 0.2) is 83.0 Å². The van der Waals surface area contributed by atoms with E-state index in [-0.39, 0.29) is 11.3 Å². The molecule has 2 aromatic carbocycles. The van der Waals surface area contributed by atoms with E-state index >= 15 is 0 Å². The number of rotatable bonds is 8. The Morgan fingerprint density at radius 2 is 2.08 bits per heavy atom. The first-order valence-electron chi connectivity index (χ1n) is 11.5. The highest BCUT2D eigenvalue weighted by atomic mass is 32.1. The van der Waals surface area contributed by atoms with Crippen molar-refractivity contribution in [1.82, 2.24) is 4.98 Å². The number of fused-ring (bicyclic) bond motifs is 1. The summed E-state index contributed by atoms with van der Waals surface area (Å²) in [5.41, 5.74) is 2.42. The number of furan rings is 1. The Balaban J connectivity index is 1.65. The normalized spacial score (nSPS) is 15.7. The van der Waals surface area contributed by atoms with Crippen molar-refractivity contribution >= 4 is 38.4 Å². The van der Waals surface area contributed by atoms with Gasteiger partial charge in [0.05, 0.1) is 21.8 Å². The van der Waals surface area contributed by atoms with Crippen LogP contribution in [-0.4, -0.2) is 28.4 Å². The monoisotopic (exact) mass is 500 g/mol. The van der Waals surface area contributed by atoms with Gasteiger partial charge < -0.3 is 14.3 Å². The van der Waals surface area contributed by atoms with Gasteiger partial charge in [-0.1, -0.05) is 49.1 Å². The maximum atomic E-state index is 13.5. The van der Waals surface area contributed by atoms with Crippen molar-refractivity contribution in [3.8, 4) is 5.75 Å². The molecule has 0 fully saturated rings. The molecule has 0 unspecified atom stereocenters. The number of carbonyl (C=O) groups is 2. The summed E-state index contributed by atoms with van der Waals surface area (Å²) in [6.07, 6.45) is 2.50. The number of hydrogen-bond acceptors (Lipinski definition) is 7. The molecule has 0 radical (unpaired) electrons. The molecule has 0 bridgehead atoms. The number of anilines is 1. The first kappa shape index (κ1) is 23.6. The number of thiazole rings is 1. The van der Waals surface area contributed by atoms with E-state index in [2.05, 4.69) is 18.5 Å². The van der Waals surface area contributed by atoms with Gasteiger partial charge in [-0.15, -0.1) is 0 Å². The quantitative estimate of drug-likeness (QED) is 0.232. The lowest BCUT2D eigenvalue weighted by Crippen LogP contribution is -2.31. The average Bonchev–Trinajstić information content (AvgIpc) is 3.58. The van der Waals surface area contributed by atoms with Crippen LogP contribution in [0.4, 0.5) is 5.13 Å². The number of ketones is 1. The van der Waals surface area contributed by atoms with Gasteiger partial charge in [-0.2, -0.15) is 0 Å². The summed E-state index contributed by atoms with van der Waals surface area (Å²) in [5, 5.41) is 11.4. The summed E-state index contributed by atoms with van der Waals surface area (Å²) in [4.78, 5) is 33.0. The molecule has 2 aromatic heterocycles. The first-order valence-corrected chi connectivity index (χ1v) is 12.3. The molecule has 182 valence electrons. The second kappa shape index (κ2) is 9.47. The first-order chi connectivity index (χ1) is 17.4. The van der Waals surface area contributed by atoms with Crippen molar-refractivity contribution in [3.63, 3.8) is 0 Å². The molecule has 4 aromatic rings. The van der Waals surface area contributed by atoms with Gasteiger partial charge >= 0.3 is 0 Å². The molecule has 1 amide bonds. The third-order valence-electron chi connectivity index (χ3n) is 6.01. The van der Waals surface area contributed by atoms with Gasteiger partial charge in [0, 0.05) is 0 Å². The molecule has 1 atom stereocenters. The molecular weight excluding hydrogens is 476 g/mol. The Labute approximate surface area is 212 Å². The smallest absolute Gasteiger partial charge is 0.296 e. The minimum absolute atomic E-state index is 0.0460. The lowest BCUT2D eigenvalue weighted by atomic mass is 9.95. The fourth-order valence-corrected chi connectivity index (χ4v) is 5.30. The average molecular weight is 501 g/mol. The van der Waals surface area contributed by atoms with E-state index in [1.807, 2.05) is 18.2 Å². The van der Waals surface area contributed by atoms with Crippen LogP contribution in [0.2, 0.25) is 0 Å². The molecule has 1 N–H and O–H groups in total. The van der Waals surface area contributed by atoms with Crippen LogP contribution in [0.5, 0.6) is 5.75 Å². The Kier molecular flexibility index (Phi) is 6.20. The number of aromatic nitrogens is 1. The van der Waals surface area contributed by atoms with Crippen LogP contribution >= 0.6 is 11.3 Å². The highest BCUT2D eigenvalue weighted by Crippen LogP contribution is 2.45. The van der Waals surface area contributed by atoms with Gasteiger partial charge in [0.15, 0.2) is 16.7 Å². The number of benzene rings is 2. The second-order valence-corrected chi connectivity index (χ2v) is 9.41. The van der Waals surface area contributed by atoms with Crippen molar-refractivity contribution in [2.24, 2.45) is 0 Å². The van der Waals surface area contributed by atoms with Crippen molar-refractivity contribution in [1.29, 1.82) is 0 Å². The van der Waals surface area contributed by atoms with Crippen LogP contribution < -0.4 is 9.64 Å². The molecule has 36 heavy (non-hydrogen) atoms. The number of ether oxygens (including phenoxy) is 1. The van der Waals surface area contributed by atoms with Crippen LogP contribution in [-0.2, 0) is 11.2 Å². The van der Waals surface area contributed by atoms with Crippen LogP contribution in [0.1, 0.15) is 40.4 Å². The van der Waals surface area contributed by atoms with Gasteiger partial charge in [-0.3, -0.25) is 14.5 Å². The Bertz CT molecular complexity index is 1530. The summed E-state index contributed by atoms with van der Waals surface area (Å²) in [6, 6.07) is 15.3. The number of nitrogens with zero attached hydrogens (tertiary/aromatic N) is 2. The third-order valence-corrected chi connectivity index (χ3v) is 7.03. The maximum absolute atomic E-state index is 13.5. The summed E-state index contributed by atoms with van der Waals surface area (Å²) >= 11 is 1.34. The number of aliphatic hydroxyl groups is 1. The largest absolute Gasteiger partial charge is 0.503 e. The van der Waals surface area contributed by atoms with Gasteiger partial charge in [0.2, 0.25) is 5.78 Å². The van der Waals surface area contributed by atoms with Gasteiger partial charge in [0.1, 0.15) is 18.1 Å². The number of Topliss-reactive ketones (excluding diaryl/α,β-unsaturated/α-hetero) is 1. The minimum atomic E-state index is -0.922. The minimum Gasteiger partial charge on any atom is -0.503 e. The zero-order valence-corrected chi connectivity index (χ0v) is 20.7. The molecule has 7 nitrogen and oxygen atoms in total. The predicted octanol–water partition coefficient (Wildman–Crippen LogP) is 6.11. The van der Waals surface area contributed by atoms with E-state index in [0.29, 0.717) is 28.8 Å². The number of amides is 1. The Morgan fingerprint density at radius 3 is 2.81 bits per heavy atom. The van der Waals surface area contributed by atoms with E-state index in [1.54, 1.807) is 43.3 Å². The van der Waals surface area contributed by atoms with Crippen molar-refractivity contribution < 1.29 is 23.8 Å².